The summed E-state index contributed by atoms with van der Waals surface area (Å²) in [5, 5.41) is 7.02. The number of likely N-dealkylation sites (tertiary alicyclic amines) is 1. The second-order valence-corrected chi connectivity index (χ2v) is 7.84. The third-order valence-electron chi connectivity index (χ3n) is 5.66. The van der Waals surface area contributed by atoms with Crippen LogP contribution in [0, 0.1) is 5.92 Å². The predicted octanol–water partition coefficient (Wildman–Crippen LogP) is 2.23. The summed E-state index contributed by atoms with van der Waals surface area (Å²) in [6, 6.07) is 2.07. The smallest absolute Gasteiger partial charge is 0.191 e. The van der Waals surface area contributed by atoms with Gasteiger partial charge in [-0.3, -0.25) is 9.89 Å². The molecule has 1 aliphatic carbocycles. The Labute approximate surface area is 175 Å². The van der Waals surface area contributed by atoms with E-state index in [0.717, 1.165) is 70.8 Å². The van der Waals surface area contributed by atoms with Gasteiger partial charge in [0.2, 0.25) is 0 Å². The number of aliphatic imine (C=N–C) groups is 1. The Morgan fingerprint density at radius 2 is 2.00 bits per heavy atom. The van der Waals surface area contributed by atoms with Gasteiger partial charge in [0, 0.05) is 64.7 Å². The molecule has 152 valence electrons. The van der Waals surface area contributed by atoms with Crippen LogP contribution in [0.5, 0.6) is 0 Å². The highest BCUT2D eigenvalue weighted by Crippen LogP contribution is 2.33. The van der Waals surface area contributed by atoms with E-state index in [-0.39, 0.29) is 24.0 Å². The molecule has 2 saturated heterocycles. The molecule has 7 heteroatoms. The van der Waals surface area contributed by atoms with Crippen molar-refractivity contribution in [3.8, 4) is 0 Å². The zero-order valence-electron chi connectivity index (χ0n) is 16.4. The Balaban J connectivity index is 0.00000243. The van der Waals surface area contributed by atoms with Crippen LogP contribution in [0.4, 0.5) is 0 Å². The number of ether oxygens (including phenoxy) is 2. The van der Waals surface area contributed by atoms with Crippen molar-refractivity contribution < 1.29 is 9.47 Å². The number of halogens is 1. The first-order chi connectivity index (χ1) is 12.3. The second kappa shape index (κ2) is 11.7. The van der Waals surface area contributed by atoms with Gasteiger partial charge in [0.25, 0.3) is 0 Å². The molecule has 3 aliphatic rings. The van der Waals surface area contributed by atoms with E-state index in [2.05, 4.69) is 27.4 Å². The summed E-state index contributed by atoms with van der Waals surface area (Å²) >= 11 is 0. The third-order valence-corrected chi connectivity index (χ3v) is 5.66. The minimum atomic E-state index is 0. The lowest BCUT2D eigenvalue weighted by Gasteiger charge is -2.22. The number of nitrogens with one attached hydrogen (secondary N) is 2. The number of guanidine groups is 1. The Hall–Kier alpha value is -0.120. The molecular formula is C19H37IN4O2. The van der Waals surface area contributed by atoms with E-state index in [1.165, 1.54) is 19.3 Å². The summed E-state index contributed by atoms with van der Waals surface area (Å²) in [6.45, 7) is 7.91. The zero-order chi connectivity index (χ0) is 17.5. The highest BCUT2D eigenvalue weighted by molar-refractivity contribution is 14.0. The quantitative estimate of drug-likeness (QED) is 0.242. The zero-order valence-corrected chi connectivity index (χ0v) is 18.7. The van der Waals surface area contributed by atoms with Crippen LogP contribution in [-0.4, -0.2) is 75.5 Å². The van der Waals surface area contributed by atoms with Crippen molar-refractivity contribution in [2.24, 2.45) is 10.9 Å². The first-order valence-corrected chi connectivity index (χ1v) is 10.1. The molecule has 2 aliphatic heterocycles. The molecule has 2 heterocycles. The minimum Gasteiger partial charge on any atom is -0.381 e. The maximum absolute atomic E-state index is 5.82. The van der Waals surface area contributed by atoms with Gasteiger partial charge in [-0.2, -0.15) is 0 Å². The molecule has 0 bridgehead atoms. The molecule has 2 unspecified atom stereocenters. The maximum Gasteiger partial charge on any atom is 0.191 e. The molecule has 0 aromatic rings. The van der Waals surface area contributed by atoms with Crippen LogP contribution in [0.15, 0.2) is 4.99 Å². The van der Waals surface area contributed by atoms with Gasteiger partial charge in [0.1, 0.15) is 0 Å². The topological polar surface area (TPSA) is 58.1 Å². The molecule has 0 aromatic carbocycles. The lowest BCUT2D eigenvalue weighted by Crippen LogP contribution is -2.45. The van der Waals surface area contributed by atoms with Crippen LogP contribution in [0.2, 0.25) is 0 Å². The van der Waals surface area contributed by atoms with Crippen LogP contribution in [-0.2, 0) is 9.47 Å². The first kappa shape index (κ1) is 22.2. The van der Waals surface area contributed by atoms with Crippen molar-refractivity contribution in [2.45, 2.75) is 63.6 Å². The van der Waals surface area contributed by atoms with Crippen LogP contribution >= 0.6 is 24.0 Å². The van der Waals surface area contributed by atoms with Gasteiger partial charge in [-0.25, -0.2) is 0 Å². The van der Waals surface area contributed by atoms with Crippen molar-refractivity contribution >= 4 is 29.9 Å². The number of hydrogen-bond donors (Lipinski definition) is 2. The summed E-state index contributed by atoms with van der Waals surface area (Å²) in [4.78, 5) is 7.04. The highest BCUT2D eigenvalue weighted by atomic mass is 127. The normalized spacial score (nSPS) is 28.0. The van der Waals surface area contributed by atoms with Crippen molar-refractivity contribution in [1.82, 2.24) is 15.5 Å². The summed E-state index contributed by atoms with van der Waals surface area (Å²) in [7, 11) is 1.86. The predicted molar refractivity (Wildman–Crippen MR) is 116 cm³/mol. The largest absolute Gasteiger partial charge is 0.381 e. The maximum atomic E-state index is 5.82. The third kappa shape index (κ3) is 7.13. The van der Waals surface area contributed by atoms with Gasteiger partial charge >= 0.3 is 0 Å². The average Bonchev–Trinajstić information content (AvgIpc) is 3.41. The molecule has 0 amide bonds. The Morgan fingerprint density at radius 3 is 2.69 bits per heavy atom. The van der Waals surface area contributed by atoms with E-state index < -0.39 is 0 Å². The Bertz CT molecular complexity index is 428. The Kier molecular flexibility index (Phi) is 9.94. The number of nitrogens with zero attached hydrogens (tertiary/aromatic N) is 2. The monoisotopic (exact) mass is 480 g/mol. The van der Waals surface area contributed by atoms with Crippen LogP contribution < -0.4 is 10.6 Å². The molecule has 0 spiro atoms. The molecular weight excluding hydrogens is 443 g/mol. The summed E-state index contributed by atoms with van der Waals surface area (Å²) in [6.07, 6.45) is 7.29. The van der Waals surface area contributed by atoms with E-state index in [1.807, 2.05) is 7.05 Å². The molecule has 3 fully saturated rings. The molecule has 3 rings (SSSR count). The lowest BCUT2D eigenvalue weighted by atomic mass is 10.0. The number of hydrogen-bond acceptors (Lipinski definition) is 4. The molecule has 26 heavy (non-hydrogen) atoms. The molecule has 6 nitrogen and oxygen atoms in total. The summed E-state index contributed by atoms with van der Waals surface area (Å²) < 4.78 is 11.2. The van der Waals surface area contributed by atoms with Crippen LogP contribution in [0.3, 0.4) is 0 Å². The van der Waals surface area contributed by atoms with Crippen molar-refractivity contribution in [3.63, 3.8) is 0 Å². The molecule has 0 aromatic heterocycles. The highest BCUT2D eigenvalue weighted by Gasteiger charge is 2.38. The van der Waals surface area contributed by atoms with E-state index in [4.69, 9.17) is 9.47 Å². The van der Waals surface area contributed by atoms with Gasteiger partial charge < -0.3 is 20.1 Å². The second-order valence-electron chi connectivity index (χ2n) is 7.84. The van der Waals surface area contributed by atoms with Crippen molar-refractivity contribution in [2.75, 3.05) is 46.6 Å². The molecule has 1 saturated carbocycles. The van der Waals surface area contributed by atoms with Crippen molar-refractivity contribution in [3.05, 3.63) is 0 Å². The van der Waals surface area contributed by atoms with Gasteiger partial charge in [-0.15, -0.1) is 24.0 Å². The minimum absolute atomic E-state index is 0. The van der Waals surface area contributed by atoms with E-state index in [9.17, 15) is 0 Å². The van der Waals surface area contributed by atoms with Gasteiger partial charge in [0.05, 0.1) is 0 Å². The van der Waals surface area contributed by atoms with Gasteiger partial charge in [0.15, 0.2) is 5.96 Å². The summed E-state index contributed by atoms with van der Waals surface area (Å²) in [5.41, 5.74) is 0. The molecule has 2 atom stereocenters. The standard InChI is InChI=1S/C19H36N4O2.HI/c1-15-12-17(13-23(15)18-4-5-18)22-19(20-2)21-8-3-9-25-14-16-6-10-24-11-7-16;/h15-18H,3-14H2,1-2H3,(H2,20,21,22);1H. The fraction of sp³-hybridized carbons (Fsp3) is 0.947. The molecule has 0 radical (unpaired) electrons. The fourth-order valence-corrected chi connectivity index (χ4v) is 4.01. The first-order valence-electron chi connectivity index (χ1n) is 10.1. The Morgan fingerprint density at radius 1 is 1.23 bits per heavy atom. The van der Waals surface area contributed by atoms with E-state index >= 15 is 0 Å². The van der Waals surface area contributed by atoms with Crippen molar-refractivity contribution in [1.29, 1.82) is 0 Å². The van der Waals surface area contributed by atoms with E-state index in [1.54, 1.807) is 0 Å². The average molecular weight is 480 g/mol. The lowest BCUT2D eigenvalue weighted by molar-refractivity contribution is 0.0203. The fourth-order valence-electron chi connectivity index (χ4n) is 4.01. The number of rotatable bonds is 8. The SMILES string of the molecule is CN=C(NCCCOCC1CCOCC1)NC1CC(C)N(C2CC2)C1.I. The van der Waals surface area contributed by atoms with Crippen LogP contribution in [0.25, 0.3) is 0 Å². The van der Waals surface area contributed by atoms with E-state index in [0.29, 0.717) is 18.0 Å². The molecule has 2 N–H and O–H groups in total. The summed E-state index contributed by atoms with van der Waals surface area (Å²) in [5.74, 6) is 1.62. The van der Waals surface area contributed by atoms with Gasteiger partial charge in [-0.05, 0) is 51.4 Å². The van der Waals surface area contributed by atoms with Gasteiger partial charge in [-0.1, -0.05) is 0 Å². The van der Waals surface area contributed by atoms with Crippen LogP contribution in [0.1, 0.15) is 45.4 Å².